The lowest BCUT2D eigenvalue weighted by atomic mass is 9.66. The van der Waals surface area contributed by atoms with Crippen molar-refractivity contribution < 1.29 is 19.5 Å². The van der Waals surface area contributed by atoms with Gasteiger partial charge in [0.05, 0.1) is 29.2 Å². The maximum Gasteiger partial charge on any atom is 0.248 e. The summed E-state index contributed by atoms with van der Waals surface area (Å²) in [5.41, 5.74) is 3.65. The Labute approximate surface area is 241 Å². The molecule has 8 heteroatoms. The van der Waals surface area contributed by atoms with Gasteiger partial charge in [-0.15, -0.1) is 11.8 Å². The number of nitrogens with one attached hydrogen (secondary N) is 2. The van der Waals surface area contributed by atoms with Gasteiger partial charge < -0.3 is 20.6 Å². The Balaban J connectivity index is 1.53. The van der Waals surface area contributed by atoms with Gasteiger partial charge in [-0.25, -0.2) is 0 Å². The van der Waals surface area contributed by atoms with Crippen LogP contribution in [0.4, 0.5) is 5.69 Å². The molecule has 3 aliphatic rings. The summed E-state index contributed by atoms with van der Waals surface area (Å²) in [4.78, 5) is 44.3. The number of aliphatic hydroxyl groups is 1. The van der Waals surface area contributed by atoms with Crippen LogP contribution in [-0.4, -0.2) is 55.9 Å². The predicted molar refractivity (Wildman–Crippen MR) is 159 cm³/mol. The molecule has 0 aromatic heterocycles. The van der Waals surface area contributed by atoms with Crippen molar-refractivity contribution in [3.63, 3.8) is 0 Å². The zero-order valence-corrected chi connectivity index (χ0v) is 24.9. The second-order valence-electron chi connectivity index (χ2n) is 12.1. The summed E-state index contributed by atoms with van der Waals surface area (Å²) in [6.45, 7) is 10.2. The van der Waals surface area contributed by atoms with Crippen LogP contribution >= 0.6 is 11.8 Å². The number of aliphatic hydroxyl groups excluding tert-OH is 1. The van der Waals surface area contributed by atoms with E-state index in [1.54, 1.807) is 16.7 Å². The molecule has 0 aliphatic carbocycles. The Morgan fingerprint density at radius 3 is 2.38 bits per heavy atom. The lowest BCUT2D eigenvalue weighted by Crippen LogP contribution is -2.56. The number of rotatable bonds is 9. The highest BCUT2D eigenvalue weighted by Gasteiger charge is 2.77. The Hall–Kier alpha value is -2.84. The number of hydrogen-bond donors (Lipinski definition) is 3. The number of likely N-dealkylation sites (tertiary alicyclic amines) is 1. The van der Waals surface area contributed by atoms with Crippen molar-refractivity contribution in [2.24, 2.45) is 17.8 Å². The number of aryl methyl sites for hydroxylation is 2. The van der Waals surface area contributed by atoms with Crippen LogP contribution in [0.2, 0.25) is 0 Å². The van der Waals surface area contributed by atoms with E-state index in [2.05, 4.69) is 17.6 Å². The van der Waals surface area contributed by atoms with Gasteiger partial charge in [-0.2, -0.15) is 0 Å². The third kappa shape index (κ3) is 4.53. The maximum atomic E-state index is 14.5. The number of benzene rings is 2. The summed E-state index contributed by atoms with van der Waals surface area (Å²) in [5, 5.41) is 16.8. The van der Waals surface area contributed by atoms with Gasteiger partial charge in [0.25, 0.3) is 0 Å². The number of anilines is 1. The number of fused-ring (bicyclic) bond motifs is 1. The smallest absolute Gasteiger partial charge is 0.248 e. The van der Waals surface area contributed by atoms with Gasteiger partial charge >= 0.3 is 0 Å². The van der Waals surface area contributed by atoms with E-state index in [1.807, 2.05) is 76.2 Å². The van der Waals surface area contributed by atoms with E-state index in [9.17, 15) is 19.5 Å². The summed E-state index contributed by atoms with van der Waals surface area (Å²) in [6, 6.07) is 14.3. The van der Waals surface area contributed by atoms with E-state index in [4.69, 9.17) is 0 Å². The number of para-hydroxylation sites is 1. The normalized spacial score (nSPS) is 30.2. The second-order valence-corrected chi connectivity index (χ2v) is 14.0. The molecule has 3 heterocycles. The van der Waals surface area contributed by atoms with E-state index in [0.717, 1.165) is 35.2 Å². The molecule has 3 amide bonds. The Bertz CT molecular complexity index is 1280. The molecule has 2 aromatic rings. The number of thioether (sulfide) groups is 1. The van der Waals surface area contributed by atoms with Gasteiger partial charge in [-0.1, -0.05) is 68.8 Å². The summed E-state index contributed by atoms with van der Waals surface area (Å²) >= 11 is 1.65. The minimum atomic E-state index is -0.783. The molecule has 40 heavy (non-hydrogen) atoms. The molecule has 7 atom stereocenters. The Kier molecular flexibility index (Phi) is 7.79. The molecule has 214 valence electrons. The molecule has 1 spiro atoms. The molecule has 7 nitrogen and oxygen atoms in total. The molecule has 2 bridgehead atoms. The number of amides is 3. The summed E-state index contributed by atoms with van der Waals surface area (Å²) in [5.74, 6) is -1.76. The molecular weight excluding hydrogens is 522 g/mol. The predicted octanol–water partition coefficient (Wildman–Crippen LogP) is 4.45. The van der Waals surface area contributed by atoms with E-state index in [-0.39, 0.29) is 30.2 Å². The van der Waals surface area contributed by atoms with Crippen molar-refractivity contribution in [2.45, 2.75) is 82.0 Å². The van der Waals surface area contributed by atoms with Crippen LogP contribution in [0.3, 0.4) is 0 Å². The molecule has 5 rings (SSSR count). The molecule has 3 saturated heterocycles. The fourth-order valence-corrected chi connectivity index (χ4v) is 9.68. The average molecular weight is 564 g/mol. The zero-order valence-electron chi connectivity index (χ0n) is 24.1. The van der Waals surface area contributed by atoms with Crippen LogP contribution in [0.25, 0.3) is 0 Å². The van der Waals surface area contributed by atoms with Gasteiger partial charge in [-0.3, -0.25) is 14.4 Å². The van der Waals surface area contributed by atoms with Gasteiger partial charge in [0, 0.05) is 17.0 Å². The van der Waals surface area contributed by atoms with Crippen molar-refractivity contribution in [1.82, 2.24) is 10.2 Å². The van der Waals surface area contributed by atoms with E-state index >= 15 is 0 Å². The molecule has 0 saturated carbocycles. The van der Waals surface area contributed by atoms with Crippen LogP contribution in [0, 0.1) is 31.6 Å². The first-order valence-corrected chi connectivity index (χ1v) is 15.2. The fourth-order valence-electron chi connectivity index (χ4n) is 7.33. The van der Waals surface area contributed by atoms with Crippen molar-refractivity contribution >= 4 is 35.2 Å². The maximum absolute atomic E-state index is 14.5. The fraction of sp³-hybridized carbons (Fsp3) is 0.531. The van der Waals surface area contributed by atoms with Gasteiger partial charge in [0.1, 0.15) is 6.04 Å². The van der Waals surface area contributed by atoms with Gasteiger partial charge in [0.15, 0.2) is 0 Å². The van der Waals surface area contributed by atoms with Crippen LogP contribution in [0.1, 0.15) is 56.7 Å². The molecule has 3 aliphatic heterocycles. The van der Waals surface area contributed by atoms with Gasteiger partial charge in [-0.05, 0) is 56.2 Å². The Morgan fingerprint density at radius 1 is 1.07 bits per heavy atom. The summed E-state index contributed by atoms with van der Waals surface area (Å²) in [7, 11) is 0. The molecular formula is C32H41N3O4S. The minimum absolute atomic E-state index is 0.0113. The van der Waals surface area contributed by atoms with Gasteiger partial charge in [0.2, 0.25) is 17.7 Å². The summed E-state index contributed by atoms with van der Waals surface area (Å²) in [6.07, 6.45) is 2.18. The van der Waals surface area contributed by atoms with Crippen LogP contribution in [0.5, 0.6) is 0 Å². The van der Waals surface area contributed by atoms with Crippen molar-refractivity contribution in [3.8, 4) is 0 Å². The monoisotopic (exact) mass is 563 g/mol. The number of carbonyl (C=O) groups excluding carboxylic acids is 3. The highest BCUT2D eigenvalue weighted by molar-refractivity contribution is 8.02. The highest BCUT2D eigenvalue weighted by atomic mass is 32.2. The number of hydrogen-bond acceptors (Lipinski definition) is 5. The average Bonchev–Trinajstić information content (AvgIpc) is 3.51. The standard InChI is InChI=1S/C32H41N3O4S/c1-6-19(2)23(18-36)35-27(29(38)34-26-20(3)11-10-12-21(26)4)32-16-15-31(5,40-32)24(25(32)30(35)39)28(37)33-17-22-13-8-7-9-14-22/h7-14,19,23-25,27,36H,6,15-18H2,1-5H3,(H,33,37)(H,34,38)/t19-,23-,24+,25-,27?,31-,32?/m0/s1. The first-order chi connectivity index (χ1) is 19.1. The zero-order chi connectivity index (χ0) is 28.8. The third-order valence-electron chi connectivity index (χ3n) is 9.63. The lowest BCUT2D eigenvalue weighted by Gasteiger charge is -2.39. The first kappa shape index (κ1) is 28.7. The van der Waals surface area contributed by atoms with Crippen molar-refractivity contribution in [3.05, 3.63) is 65.2 Å². The van der Waals surface area contributed by atoms with Crippen LogP contribution < -0.4 is 10.6 Å². The van der Waals surface area contributed by atoms with Crippen LogP contribution in [-0.2, 0) is 20.9 Å². The van der Waals surface area contributed by atoms with E-state index in [0.29, 0.717) is 13.0 Å². The van der Waals surface area contributed by atoms with E-state index in [1.165, 1.54) is 0 Å². The first-order valence-electron chi connectivity index (χ1n) is 14.4. The lowest BCUT2D eigenvalue weighted by molar-refractivity contribution is -0.143. The molecule has 3 fully saturated rings. The third-order valence-corrected chi connectivity index (χ3v) is 11.6. The van der Waals surface area contributed by atoms with Crippen LogP contribution in [0.15, 0.2) is 48.5 Å². The topological polar surface area (TPSA) is 98.7 Å². The largest absolute Gasteiger partial charge is 0.394 e. The molecule has 2 aromatic carbocycles. The molecule has 3 N–H and O–H groups in total. The van der Waals surface area contributed by atoms with Crippen molar-refractivity contribution in [1.29, 1.82) is 0 Å². The second kappa shape index (κ2) is 10.9. The van der Waals surface area contributed by atoms with E-state index < -0.39 is 33.4 Å². The number of carbonyl (C=O) groups is 3. The SMILES string of the molecule is CC[C@H](C)[C@H](CO)N1C(=O)[C@@H]2[C@H](C(=O)NCc3ccccc3)[C@]3(C)CCC2(S3)C1C(=O)Nc1c(C)cccc1C. The quantitative estimate of drug-likeness (QED) is 0.419. The highest BCUT2D eigenvalue weighted by Crippen LogP contribution is 2.71. The molecule has 0 radical (unpaired) electrons. The number of nitrogens with zero attached hydrogens (tertiary/aromatic N) is 1. The summed E-state index contributed by atoms with van der Waals surface area (Å²) < 4.78 is -1.18. The minimum Gasteiger partial charge on any atom is -0.394 e. The Morgan fingerprint density at radius 2 is 1.75 bits per heavy atom. The van der Waals surface area contributed by atoms with Crippen molar-refractivity contribution in [2.75, 3.05) is 11.9 Å². The molecule has 2 unspecified atom stereocenters.